The number of hydrogen-bond donors (Lipinski definition) is 1. The molecule has 2 aromatic heterocycles. The first kappa shape index (κ1) is 19.7. The van der Waals surface area contributed by atoms with Gasteiger partial charge in [-0.05, 0) is 41.5 Å². The first-order valence-corrected chi connectivity index (χ1v) is 11.0. The minimum Gasteiger partial charge on any atom is -0.379 e. The number of carbonyl (C=O) groups is 1. The highest BCUT2D eigenvalue weighted by Crippen LogP contribution is 2.46. The minimum atomic E-state index is -0.672. The van der Waals surface area contributed by atoms with Crippen molar-refractivity contribution in [2.75, 3.05) is 18.8 Å². The Hall–Kier alpha value is -3.26. The van der Waals surface area contributed by atoms with Crippen LogP contribution in [0, 0.1) is 11.9 Å². The predicted octanol–water partition coefficient (Wildman–Crippen LogP) is 3.31. The van der Waals surface area contributed by atoms with Gasteiger partial charge in [0.25, 0.3) is 5.91 Å². The number of fused-ring (bicyclic) bond motifs is 1. The molecule has 1 aromatic carbocycles. The maximum Gasteiger partial charge on any atom is 0.272 e. The molecule has 0 saturated carbocycles. The van der Waals surface area contributed by atoms with Crippen molar-refractivity contribution in [1.82, 2.24) is 14.9 Å². The van der Waals surface area contributed by atoms with E-state index in [1.165, 1.54) is 18.0 Å². The normalized spacial score (nSPS) is 22.7. The van der Waals surface area contributed by atoms with E-state index >= 15 is 0 Å². The highest BCUT2D eigenvalue weighted by molar-refractivity contribution is 8.13. The van der Waals surface area contributed by atoms with Crippen LogP contribution in [0.15, 0.2) is 72.0 Å². The summed E-state index contributed by atoms with van der Waals surface area (Å²) in [5.41, 5.74) is 7.95. The molecule has 1 saturated heterocycles. The Morgan fingerprint density at radius 3 is 2.81 bits per heavy atom. The van der Waals surface area contributed by atoms with Gasteiger partial charge in [0, 0.05) is 36.2 Å². The average Bonchev–Trinajstić information content (AvgIpc) is 3.19. The van der Waals surface area contributed by atoms with Crippen molar-refractivity contribution < 1.29 is 9.18 Å². The van der Waals surface area contributed by atoms with Gasteiger partial charge in [-0.15, -0.1) is 0 Å². The molecule has 0 radical (unpaired) electrons. The second-order valence-corrected chi connectivity index (χ2v) is 8.75. The molecule has 2 atom stereocenters. The van der Waals surface area contributed by atoms with Crippen LogP contribution in [0.25, 0.3) is 11.1 Å². The van der Waals surface area contributed by atoms with Gasteiger partial charge >= 0.3 is 0 Å². The maximum atomic E-state index is 14.3. The number of amides is 1. The molecular weight excluding hydrogens is 413 g/mol. The van der Waals surface area contributed by atoms with Crippen molar-refractivity contribution in [3.63, 3.8) is 0 Å². The maximum absolute atomic E-state index is 14.3. The fourth-order valence-electron chi connectivity index (χ4n) is 4.39. The number of halogens is 1. The second kappa shape index (κ2) is 7.77. The second-order valence-electron chi connectivity index (χ2n) is 7.71. The summed E-state index contributed by atoms with van der Waals surface area (Å²) >= 11 is 1.50. The topological polar surface area (TPSA) is 84.5 Å². The van der Waals surface area contributed by atoms with Gasteiger partial charge in [-0.25, -0.2) is 9.98 Å². The van der Waals surface area contributed by atoms with Crippen LogP contribution in [-0.2, 0) is 5.54 Å². The molecule has 0 unspecified atom stereocenters. The number of aliphatic imine (C=N–C) groups is 1. The first-order valence-electron chi connectivity index (χ1n) is 9.97. The Bertz CT molecular complexity index is 1170. The number of nitrogens with zero attached hydrogens (tertiary/aromatic N) is 4. The molecule has 3 aromatic rings. The molecular formula is C23H20FN5OS. The van der Waals surface area contributed by atoms with Gasteiger partial charge < -0.3 is 10.6 Å². The van der Waals surface area contributed by atoms with E-state index < -0.39 is 11.5 Å². The van der Waals surface area contributed by atoms with Gasteiger partial charge in [-0.1, -0.05) is 36.0 Å². The van der Waals surface area contributed by atoms with Crippen LogP contribution in [0.2, 0.25) is 0 Å². The van der Waals surface area contributed by atoms with Gasteiger partial charge in [0.1, 0.15) is 11.2 Å². The van der Waals surface area contributed by atoms with Crippen molar-refractivity contribution in [3.05, 3.63) is 84.2 Å². The number of aromatic nitrogens is 2. The number of benzene rings is 1. The largest absolute Gasteiger partial charge is 0.379 e. The third kappa shape index (κ3) is 3.46. The average molecular weight is 434 g/mol. The lowest BCUT2D eigenvalue weighted by Gasteiger charge is -2.34. The number of carbonyl (C=O) groups excluding carboxylic acids is 1. The molecule has 2 aliphatic heterocycles. The summed E-state index contributed by atoms with van der Waals surface area (Å²) < 4.78 is 14.3. The van der Waals surface area contributed by atoms with Crippen LogP contribution in [0.5, 0.6) is 0 Å². The van der Waals surface area contributed by atoms with Crippen LogP contribution < -0.4 is 5.73 Å². The van der Waals surface area contributed by atoms with Crippen LogP contribution in [-0.4, -0.2) is 44.8 Å². The zero-order valence-corrected chi connectivity index (χ0v) is 17.4. The number of rotatable bonds is 3. The van der Waals surface area contributed by atoms with Crippen molar-refractivity contribution in [2.24, 2.45) is 16.6 Å². The molecule has 1 amide bonds. The molecule has 1 fully saturated rings. The summed E-state index contributed by atoms with van der Waals surface area (Å²) in [6.45, 7) is 0.956. The van der Waals surface area contributed by atoms with Crippen molar-refractivity contribution in [2.45, 2.75) is 5.54 Å². The third-order valence-corrected chi connectivity index (χ3v) is 6.85. The lowest BCUT2D eigenvalue weighted by molar-refractivity contribution is 0.0776. The van der Waals surface area contributed by atoms with Crippen molar-refractivity contribution in [3.8, 4) is 11.1 Å². The standard InChI is InChI=1S/C23H20FN5OS/c24-20-18(7-4-10-27-20)15-5-3-6-16(11-15)23-14-29(12-17(23)13-31-22(25)28-23)21(30)19-8-1-2-9-26-19/h1-11,17H,12-14H2,(H2,25,28)/t17-,23+/m0/s1. The number of likely N-dealkylation sites (tertiary alicyclic amines) is 1. The molecule has 2 N–H and O–H groups in total. The van der Waals surface area contributed by atoms with Gasteiger partial charge in [0.2, 0.25) is 5.95 Å². The zero-order chi connectivity index (χ0) is 21.4. The van der Waals surface area contributed by atoms with E-state index in [-0.39, 0.29) is 11.8 Å². The number of nitrogens with two attached hydrogens (primary N) is 1. The first-order chi connectivity index (χ1) is 15.1. The fraction of sp³-hybridized carbons (Fsp3) is 0.217. The van der Waals surface area contributed by atoms with E-state index in [1.807, 2.05) is 24.3 Å². The number of amidine groups is 1. The highest BCUT2D eigenvalue weighted by Gasteiger charge is 2.51. The molecule has 4 heterocycles. The number of hydrogen-bond acceptors (Lipinski definition) is 6. The summed E-state index contributed by atoms with van der Waals surface area (Å²) in [6, 6.07) is 16.4. The van der Waals surface area contributed by atoms with E-state index in [9.17, 15) is 9.18 Å². The molecule has 5 rings (SSSR count). The Kier molecular flexibility index (Phi) is 4.94. The minimum absolute atomic E-state index is 0.0893. The summed E-state index contributed by atoms with van der Waals surface area (Å²) in [6.07, 6.45) is 3.04. The fourth-order valence-corrected chi connectivity index (χ4v) is 5.37. The third-order valence-electron chi connectivity index (χ3n) is 5.89. The molecule has 8 heteroatoms. The van der Waals surface area contributed by atoms with Crippen LogP contribution in [0.3, 0.4) is 0 Å². The summed E-state index contributed by atoms with van der Waals surface area (Å²) in [5, 5.41) is 0.501. The van der Waals surface area contributed by atoms with Gasteiger partial charge in [0.15, 0.2) is 5.17 Å². The Balaban J connectivity index is 1.56. The molecule has 31 heavy (non-hydrogen) atoms. The summed E-state index contributed by atoms with van der Waals surface area (Å²) in [4.78, 5) is 27.7. The Morgan fingerprint density at radius 1 is 1.13 bits per heavy atom. The van der Waals surface area contributed by atoms with Gasteiger partial charge in [0.05, 0.1) is 6.54 Å². The SMILES string of the molecule is NC1=N[C@@]2(c3cccc(-c4cccnc4F)c3)CN(C(=O)c3ccccn3)C[C@H]2CS1. The van der Waals surface area contributed by atoms with E-state index in [0.29, 0.717) is 29.5 Å². The molecule has 0 aliphatic carbocycles. The Labute approximate surface area is 183 Å². The highest BCUT2D eigenvalue weighted by atomic mass is 32.2. The van der Waals surface area contributed by atoms with Crippen LogP contribution in [0.4, 0.5) is 4.39 Å². The Morgan fingerprint density at radius 2 is 2.00 bits per heavy atom. The molecule has 156 valence electrons. The number of pyridine rings is 2. The van der Waals surface area contributed by atoms with E-state index in [2.05, 4.69) is 9.97 Å². The lowest BCUT2D eigenvalue weighted by Crippen LogP contribution is -2.40. The molecule has 0 spiro atoms. The van der Waals surface area contributed by atoms with Crippen molar-refractivity contribution >= 4 is 22.8 Å². The monoisotopic (exact) mass is 433 g/mol. The molecule has 2 aliphatic rings. The van der Waals surface area contributed by atoms with Crippen LogP contribution in [0.1, 0.15) is 16.1 Å². The molecule has 6 nitrogen and oxygen atoms in total. The van der Waals surface area contributed by atoms with Gasteiger partial charge in [-0.3, -0.25) is 9.78 Å². The van der Waals surface area contributed by atoms with Crippen molar-refractivity contribution in [1.29, 1.82) is 0 Å². The smallest absolute Gasteiger partial charge is 0.272 e. The van der Waals surface area contributed by atoms with E-state index in [0.717, 1.165) is 16.9 Å². The summed E-state index contributed by atoms with van der Waals surface area (Å²) in [7, 11) is 0. The van der Waals surface area contributed by atoms with Crippen LogP contribution >= 0.6 is 11.8 Å². The zero-order valence-electron chi connectivity index (χ0n) is 16.6. The van der Waals surface area contributed by atoms with Gasteiger partial charge in [-0.2, -0.15) is 4.39 Å². The lowest BCUT2D eigenvalue weighted by atomic mass is 9.81. The molecule has 0 bridgehead atoms. The van der Waals surface area contributed by atoms with E-state index in [1.54, 1.807) is 41.4 Å². The quantitative estimate of drug-likeness (QED) is 0.641. The summed E-state index contributed by atoms with van der Waals surface area (Å²) in [5.74, 6) is 0.204. The predicted molar refractivity (Wildman–Crippen MR) is 119 cm³/mol. The van der Waals surface area contributed by atoms with E-state index in [4.69, 9.17) is 10.7 Å². The number of thioether (sulfide) groups is 1.